The van der Waals surface area contributed by atoms with Crippen molar-refractivity contribution >= 4 is 35.1 Å². The third-order valence-corrected chi connectivity index (χ3v) is 17.8. The van der Waals surface area contributed by atoms with E-state index < -0.39 is 23.9 Å². The van der Waals surface area contributed by atoms with Gasteiger partial charge in [-0.15, -0.1) is 12.3 Å². The standard InChI is InChI=1S/C67H102O8.C14H10N2O4.C5H9N3O2.C4H6.C3H8O.C2H6/c1-5-9-12-15-18-21-24-27-30-33-49-69-61-42-36-57(37-43-61)54-73-64-52-60(67(68)72-48-8-4)53-65(74-55-58-38-44-62(45-39-58)70-50-34-31-28-25-22-19-16-13-10-6-2)66(64)75-56-59-40-46-63(47-41-59)71-51-35-32-29-26-23-20-17-14-11-7-3;1-7-5-10(12(16-3)14(19)20)8(2)4-9(7)11(6-15)13(17)18;1-2-3-10-5(9)4-7-8-6;1-3-4-2;1-2-3-4;1-2/h36-47,52-53H,5-35,48-51,54-56H2,1-4H3;4-5H,1-2H3,(H,17,18)(H,19,20);2-4H2,1H3;1H,4H2,2H3;4H,2-3H2,1H3;1-2H3/b;11-9-,12-10+;;;;/i/hD2. The second-order valence-electron chi connectivity index (χ2n) is 27.7. The molecule has 0 aliphatic carbocycles. The Morgan fingerprint density at radius 1 is 0.478 bits per heavy atom. The summed E-state index contributed by atoms with van der Waals surface area (Å²) in [4.78, 5) is 52.2. The summed E-state index contributed by atoms with van der Waals surface area (Å²) in [5.74, 6) is 3.06. The molecule has 0 heterocycles. The summed E-state index contributed by atoms with van der Waals surface area (Å²) < 4.78 is 61.5. The molecule has 0 aromatic heterocycles. The molecule has 0 aliphatic heterocycles. The normalized spacial score (nSPS) is 10.9. The highest BCUT2D eigenvalue weighted by Gasteiger charge is 2.22. The molecule has 0 radical (unpaired) electrons. The van der Waals surface area contributed by atoms with Gasteiger partial charge < -0.3 is 53.2 Å². The summed E-state index contributed by atoms with van der Waals surface area (Å²) in [6.07, 6.45) is 46.9. The summed E-state index contributed by atoms with van der Waals surface area (Å²) in [6.45, 7) is 32.4. The Kier molecular flexibility index (Phi) is 64.6. The molecule has 0 atom stereocenters. The van der Waals surface area contributed by atoms with Crippen LogP contribution in [0.5, 0.6) is 34.5 Å². The number of carbonyl (C=O) groups is 4. The van der Waals surface area contributed by atoms with Gasteiger partial charge in [0, 0.05) is 23.2 Å². The van der Waals surface area contributed by atoms with E-state index in [0.717, 1.165) is 72.5 Å². The minimum Gasteiger partial charge on any atom is -0.494 e. The number of nitrogens with zero attached hydrogens (tertiary/aromatic N) is 5. The highest BCUT2D eigenvalue weighted by Crippen LogP contribution is 2.41. The van der Waals surface area contributed by atoms with Crippen LogP contribution in [-0.2, 0) is 43.7 Å². The van der Waals surface area contributed by atoms with Gasteiger partial charge in [0.25, 0.3) is 8.56 Å². The number of azide groups is 1. The molecule has 0 unspecified atom stereocenters. The van der Waals surface area contributed by atoms with Crippen molar-refractivity contribution < 1.29 is 72.4 Å². The topological polar surface area (TPSA) is 280 Å². The highest BCUT2D eigenvalue weighted by atomic mass is 16.6. The first-order chi connectivity index (χ1) is 57.1. The van der Waals surface area contributed by atoms with Crippen molar-refractivity contribution in [3.63, 3.8) is 0 Å². The number of aliphatic hydroxyl groups excluding tert-OH is 1. The first-order valence-electron chi connectivity index (χ1n) is 43.5. The van der Waals surface area contributed by atoms with Gasteiger partial charge in [0.05, 0.1) is 45.2 Å². The van der Waals surface area contributed by atoms with E-state index in [0.29, 0.717) is 80.0 Å². The number of carboxylic acid groups (broad SMARTS) is 2. The molecule has 0 fully saturated rings. The number of aryl methyl sites for hydroxylation is 2. The molecule has 0 saturated heterocycles. The van der Waals surface area contributed by atoms with E-state index in [-0.39, 0.29) is 48.1 Å². The van der Waals surface area contributed by atoms with Crippen LogP contribution in [0, 0.1) is 44.1 Å². The number of unbranched alkanes of at least 4 members (excludes halogenated alkanes) is 27. The van der Waals surface area contributed by atoms with E-state index in [1.165, 1.54) is 185 Å². The van der Waals surface area contributed by atoms with Crippen molar-refractivity contribution in [3.05, 3.63) is 163 Å². The minimum absolute atomic E-state index is 0.212. The van der Waals surface area contributed by atoms with E-state index >= 15 is 0 Å². The SMILES string of the molecule is C#CCC.CC.CCCCCCCCCCCCOc1ccc(COc2cc(C(=O)OCCC)cc(OCc3ccc(OCCCCCCCCCCCC)cc3)c2OCc2ccc(OCCCCCCCCCCCC)cc2)cc1.CCCO.CCCOC(=O)CN=[N+]=[N-].[2H]OC(=O)/C(C#N)=c1/cc(C)/c(=C(/[N+]#[C-])C(=O)O[2H])cc1C. The van der Waals surface area contributed by atoms with Crippen molar-refractivity contribution in [2.24, 2.45) is 5.11 Å². The maximum Gasteiger partial charge on any atom is 0.347 e. The van der Waals surface area contributed by atoms with Crippen LogP contribution in [0.2, 0.25) is 0 Å². The maximum atomic E-state index is 13.5. The number of aliphatic hydroxyl groups is 1. The monoisotopic (exact) mass is 1590 g/mol. The zero-order valence-electron chi connectivity index (χ0n) is 73.8. The quantitative estimate of drug-likeness (QED) is 0.00620. The molecule has 0 spiro atoms. The Morgan fingerprint density at radius 2 is 0.817 bits per heavy atom. The predicted molar refractivity (Wildman–Crippen MR) is 464 cm³/mol. The third-order valence-electron chi connectivity index (χ3n) is 17.8. The van der Waals surface area contributed by atoms with Gasteiger partial charge >= 0.3 is 23.9 Å². The van der Waals surface area contributed by atoms with E-state index in [1.54, 1.807) is 32.0 Å². The van der Waals surface area contributed by atoms with Gasteiger partial charge in [0.2, 0.25) is 5.75 Å². The molecule has 115 heavy (non-hydrogen) atoms. The number of aliphatic carboxylic acids is 2. The van der Waals surface area contributed by atoms with Crippen LogP contribution < -0.4 is 38.9 Å². The number of carboxylic acids is 2. The molecule has 636 valence electrons. The molecule has 20 nitrogen and oxygen atoms in total. The van der Waals surface area contributed by atoms with Crippen molar-refractivity contribution in [3.8, 4) is 52.9 Å². The van der Waals surface area contributed by atoms with Gasteiger partial charge in [-0.3, -0.25) is 9.59 Å². The molecular weight excluding hydrogens is 1450 g/mol. The number of nitriles is 1. The molecule has 20 heteroatoms. The summed E-state index contributed by atoms with van der Waals surface area (Å²) in [5, 5.41) is 28.0. The van der Waals surface area contributed by atoms with Crippen LogP contribution in [-0.4, -0.2) is 85.4 Å². The zero-order valence-corrected chi connectivity index (χ0v) is 71.8. The lowest BCUT2D eigenvalue weighted by Gasteiger charge is -2.19. The maximum absolute atomic E-state index is 13.5. The fourth-order valence-corrected chi connectivity index (χ4v) is 11.3. The molecule has 5 aromatic rings. The first kappa shape index (κ1) is 101. The average molecular weight is 1600 g/mol. The third kappa shape index (κ3) is 52.4. The second kappa shape index (κ2) is 73.2. The van der Waals surface area contributed by atoms with Crippen LogP contribution in [0.15, 0.2) is 102 Å². The fourth-order valence-electron chi connectivity index (χ4n) is 11.3. The Balaban J connectivity index is 0.00000259. The van der Waals surface area contributed by atoms with Crippen LogP contribution >= 0.6 is 0 Å². The summed E-state index contributed by atoms with van der Waals surface area (Å²) in [5.41, 5.74) is 11.1. The number of carbonyl (C=O) groups excluding carboxylic acids is 2. The van der Waals surface area contributed by atoms with E-state index in [4.69, 9.17) is 64.9 Å². The van der Waals surface area contributed by atoms with Crippen molar-refractivity contribution in [2.45, 2.75) is 314 Å². The number of ether oxygens (including phenoxy) is 8. The second-order valence-corrected chi connectivity index (χ2v) is 27.7. The Labute approximate surface area is 693 Å². The zero-order chi connectivity index (χ0) is 86.6. The lowest BCUT2D eigenvalue weighted by atomic mass is 10.0. The number of rotatable bonds is 55. The van der Waals surface area contributed by atoms with Crippen LogP contribution in [0.1, 0.15) is 319 Å². The number of esters is 2. The van der Waals surface area contributed by atoms with Gasteiger partial charge in [0.1, 0.15) is 55.3 Å². The Bertz CT molecular complexity index is 3570. The molecule has 0 bridgehead atoms. The molecule has 5 rings (SSSR count). The molecule has 0 aliphatic rings. The van der Waals surface area contributed by atoms with E-state index in [2.05, 4.69) is 56.5 Å². The Hall–Kier alpha value is -9.67. The number of terminal acetylenes is 1. The summed E-state index contributed by atoms with van der Waals surface area (Å²) in [6, 6.07) is 32.1. The van der Waals surface area contributed by atoms with Gasteiger partial charge in [-0.2, -0.15) is 5.26 Å². The van der Waals surface area contributed by atoms with Crippen LogP contribution in [0.3, 0.4) is 0 Å². The van der Waals surface area contributed by atoms with Gasteiger partial charge in [-0.25, -0.2) is 14.4 Å². The van der Waals surface area contributed by atoms with Crippen molar-refractivity contribution in [1.29, 1.82) is 8.12 Å². The van der Waals surface area contributed by atoms with Crippen molar-refractivity contribution in [2.75, 3.05) is 46.2 Å². The van der Waals surface area contributed by atoms with Gasteiger partial charge in [-0.05, 0) is 134 Å². The summed E-state index contributed by atoms with van der Waals surface area (Å²) in [7, 11) is 0. The predicted octanol–water partition coefficient (Wildman–Crippen LogP) is 23.8. The Morgan fingerprint density at radius 3 is 1.14 bits per heavy atom. The van der Waals surface area contributed by atoms with E-state index in [9.17, 15) is 19.2 Å². The molecule has 3 N–H and O–H groups in total. The molecule has 0 saturated carbocycles. The van der Waals surface area contributed by atoms with Crippen LogP contribution in [0.25, 0.3) is 29.4 Å². The minimum atomic E-state index is -1.10. The molecule has 5 aromatic carbocycles. The van der Waals surface area contributed by atoms with Gasteiger partial charge in [0.15, 0.2) is 11.5 Å². The van der Waals surface area contributed by atoms with Gasteiger partial charge in [-0.1, -0.05) is 295 Å². The molecule has 0 amide bonds. The number of hydrogen-bond donors (Lipinski definition) is 3. The largest absolute Gasteiger partial charge is 0.494 e. The number of benzene rings is 5. The summed E-state index contributed by atoms with van der Waals surface area (Å²) >= 11 is 0. The fraction of sp³-hybridized carbons (Fsp3) is 0.579. The number of hydrogen-bond acceptors (Lipinski definition) is 17. The highest BCUT2D eigenvalue weighted by molar-refractivity contribution is 6.14. The van der Waals surface area contributed by atoms with Crippen LogP contribution in [0.4, 0.5) is 0 Å². The lowest BCUT2D eigenvalue weighted by Crippen LogP contribution is -2.23. The van der Waals surface area contributed by atoms with Crippen molar-refractivity contribution in [1.82, 2.24) is 0 Å². The van der Waals surface area contributed by atoms with E-state index in [1.807, 2.05) is 114 Å². The average Bonchev–Trinajstić information content (AvgIpc) is 0.813. The first-order valence-corrected chi connectivity index (χ1v) is 42.7. The molecular formula is C95H141N5O15. The lowest BCUT2D eigenvalue weighted by molar-refractivity contribution is -0.142. The smallest absolute Gasteiger partial charge is 0.347 e.